The third-order valence-corrected chi connectivity index (χ3v) is 13.5. The zero-order chi connectivity index (χ0) is 32.4. The molecule has 1 heterocycles. The van der Waals surface area contributed by atoms with Gasteiger partial charge in [-0.05, 0) is 110 Å². The van der Waals surface area contributed by atoms with Crippen molar-refractivity contribution in [3.8, 4) is 0 Å². The SMILES string of the molecule is CC(C)C(CC[C@@H](C)[C@H]1C[C@H](OS(=O)(=O)O)[C@H]2[C@@H]3C[C@H](O)C4C[C@@H](O)CC[C@]4(C)[C@H]3CC[C@@]21C)O[C@@H]1OC[C@@H](O)[C@H](O)[C@H]1O. The van der Waals surface area contributed by atoms with E-state index in [0.717, 1.165) is 25.7 Å². The van der Waals surface area contributed by atoms with Gasteiger partial charge >= 0.3 is 10.4 Å². The molecule has 5 fully saturated rings. The lowest BCUT2D eigenvalue weighted by molar-refractivity contribution is -0.286. The lowest BCUT2D eigenvalue weighted by Crippen LogP contribution is -2.59. The van der Waals surface area contributed by atoms with E-state index < -0.39 is 53.3 Å². The minimum Gasteiger partial charge on any atom is -0.393 e. The molecule has 4 aliphatic carbocycles. The molecule has 11 nitrogen and oxygen atoms in total. The number of fused-ring (bicyclic) bond motifs is 5. The molecule has 0 aromatic heterocycles. The summed E-state index contributed by atoms with van der Waals surface area (Å²) in [7, 11) is -4.69. The van der Waals surface area contributed by atoms with Gasteiger partial charge in [0, 0.05) is 0 Å². The van der Waals surface area contributed by atoms with Gasteiger partial charge in [0.15, 0.2) is 6.29 Å². The molecular weight excluding hydrogens is 592 g/mol. The first-order valence-electron chi connectivity index (χ1n) is 16.8. The Morgan fingerprint density at radius 1 is 0.864 bits per heavy atom. The van der Waals surface area contributed by atoms with Crippen LogP contribution in [0.4, 0.5) is 0 Å². The Bertz CT molecular complexity index is 1100. The third kappa shape index (κ3) is 6.51. The predicted octanol–water partition coefficient (Wildman–Crippen LogP) is 2.67. The summed E-state index contributed by atoms with van der Waals surface area (Å²) >= 11 is 0. The first kappa shape index (κ1) is 34.9. The summed E-state index contributed by atoms with van der Waals surface area (Å²) in [6.45, 7) is 10.6. The average Bonchev–Trinajstić information content (AvgIpc) is 3.22. The van der Waals surface area contributed by atoms with Crippen LogP contribution in [0, 0.1) is 52.3 Å². The third-order valence-electron chi connectivity index (χ3n) is 13.0. The molecule has 0 radical (unpaired) electrons. The summed E-state index contributed by atoms with van der Waals surface area (Å²) in [4.78, 5) is 0. The molecule has 5 rings (SSSR count). The highest BCUT2D eigenvalue weighted by atomic mass is 32.3. The minimum atomic E-state index is -4.69. The lowest BCUT2D eigenvalue weighted by atomic mass is 9.43. The predicted molar refractivity (Wildman–Crippen MR) is 160 cm³/mol. The molecule has 5 aliphatic rings. The van der Waals surface area contributed by atoms with Crippen LogP contribution in [0.3, 0.4) is 0 Å². The molecule has 12 heteroatoms. The van der Waals surface area contributed by atoms with Gasteiger partial charge in [-0.1, -0.05) is 34.6 Å². The van der Waals surface area contributed by atoms with Crippen molar-refractivity contribution in [1.29, 1.82) is 0 Å². The maximum Gasteiger partial charge on any atom is 0.397 e. The topological polar surface area (TPSA) is 183 Å². The second kappa shape index (κ2) is 12.9. The molecule has 0 amide bonds. The van der Waals surface area contributed by atoms with E-state index in [1.54, 1.807) is 0 Å². The number of rotatable bonds is 9. The maximum atomic E-state index is 12.1. The fourth-order valence-electron chi connectivity index (χ4n) is 10.8. The number of aliphatic hydroxyl groups is 5. The van der Waals surface area contributed by atoms with Crippen LogP contribution >= 0.6 is 0 Å². The monoisotopic (exact) mass is 648 g/mol. The van der Waals surface area contributed by atoms with Gasteiger partial charge in [-0.3, -0.25) is 4.55 Å². The van der Waals surface area contributed by atoms with Gasteiger partial charge in [-0.15, -0.1) is 0 Å². The summed E-state index contributed by atoms with van der Waals surface area (Å²) in [5, 5.41) is 52.2. The van der Waals surface area contributed by atoms with Crippen LogP contribution in [0.5, 0.6) is 0 Å². The van der Waals surface area contributed by atoms with Gasteiger partial charge in [0.25, 0.3) is 0 Å². The van der Waals surface area contributed by atoms with Gasteiger partial charge in [0.1, 0.15) is 18.3 Å². The number of aliphatic hydroxyl groups excluding tert-OH is 5. The molecule has 1 aliphatic heterocycles. The van der Waals surface area contributed by atoms with E-state index in [1.807, 2.05) is 13.8 Å². The number of ether oxygens (including phenoxy) is 2. The summed E-state index contributed by atoms with van der Waals surface area (Å²) in [5.41, 5.74) is -0.406. The van der Waals surface area contributed by atoms with Gasteiger partial charge in [0.05, 0.1) is 31.0 Å². The molecule has 256 valence electrons. The Kier molecular flexibility index (Phi) is 10.2. The molecule has 16 atom stereocenters. The van der Waals surface area contributed by atoms with E-state index in [2.05, 4.69) is 20.8 Å². The van der Waals surface area contributed by atoms with Crippen LogP contribution in [0.2, 0.25) is 0 Å². The van der Waals surface area contributed by atoms with Crippen molar-refractivity contribution in [2.75, 3.05) is 6.61 Å². The highest BCUT2D eigenvalue weighted by molar-refractivity contribution is 7.80. The van der Waals surface area contributed by atoms with Crippen LogP contribution in [0.15, 0.2) is 0 Å². The highest BCUT2D eigenvalue weighted by Crippen LogP contribution is 2.69. The van der Waals surface area contributed by atoms with E-state index in [4.69, 9.17) is 13.7 Å². The molecule has 6 N–H and O–H groups in total. The molecule has 1 saturated heterocycles. The molecular formula is C32H56O11S. The zero-order valence-corrected chi connectivity index (χ0v) is 27.7. The largest absolute Gasteiger partial charge is 0.397 e. The molecule has 0 aromatic carbocycles. The van der Waals surface area contributed by atoms with Crippen molar-refractivity contribution in [3.63, 3.8) is 0 Å². The second-order valence-corrected chi connectivity index (χ2v) is 16.9. The van der Waals surface area contributed by atoms with Crippen molar-refractivity contribution in [1.82, 2.24) is 0 Å². The van der Waals surface area contributed by atoms with E-state index in [1.165, 1.54) is 0 Å². The first-order chi connectivity index (χ1) is 20.5. The number of hydrogen-bond donors (Lipinski definition) is 6. The average molecular weight is 649 g/mol. The van der Waals surface area contributed by atoms with E-state index in [-0.39, 0.29) is 65.0 Å². The smallest absolute Gasteiger partial charge is 0.393 e. The molecule has 4 saturated carbocycles. The van der Waals surface area contributed by atoms with Crippen LogP contribution in [-0.2, 0) is 24.1 Å². The van der Waals surface area contributed by atoms with Crippen LogP contribution < -0.4 is 0 Å². The second-order valence-electron chi connectivity index (χ2n) is 15.8. The molecule has 2 unspecified atom stereocenters. The van der Waals surface area contributed by atoms with Crippen molar-refractivity contribution < 1.29 is 52.2 Å². The first-order valence-corrected chi connectivity index (χ1v) is 18.2. The van der Waals surface area contributed by atoms with Crippen molar-refractivity contribution in [2.45, 2.75) is 141 Å². The Hall–Kier alpha value is -0.410. The molecule has 44 heavy (non-hydrogen) atoms. The molecule has 0 aromatic rings. The van der Waals surface area contributed by atoms with Crippen LogP contribution in [-0.4, -0.2) is 94.1 Å². The lowest BCUT2D eigenvalue weighted by Gasteiger charge is -2.62. The summed E-state index contributed by atoms with van der Waals surface area (Å²) in [6, 6.07) is 0. The maximum absolute atomic E-state index is 12.1. The van der Waals surface area contributed by atoms with E-state index >= 15 is 0 Å². The van der Waals surface area contributed by atoms with Crippen molar-refractivity contribution in [2.24, 2.45) is 52.3 Å². The quantitative estimate of drug-likeness (QED) is 0.202. The highest BCUT2D eigenvalue weighted by Gasteiger charge is 2.65. The van der Waals surface area contributed by atoms with Gasteiger partial charge in [-0.25, -0.2) is 4.18 Å². The summed E-state index contributed by atoms with van der Waals surface area (Å²) in [6.07, 6.45) is -0.441. The van der Waals surface area contributed by atoms with Gasteiger partial charge in [0.2, 0.25) is 0 Å². The van der Waals surface area contributed by atoms with E-state index in [0.29, 0.717) is 32.1 Å². The minimum absolute atomic E-state index is 0.0120. The fourth-order valence-corrected chi connectivity index (χ4v) is 11.3. The molecule has 0 spiro atoms. The number of hydrogen-bond acceptors (Lipinski definition) is 10. The fraction of sp³-hybridized carbons (Fsp3) is 1.00. The zero-order valence-electron chi connectivity index (χ0n) is 26.9. The Morgan fingerprint density at radius 2 is 1.55 bits per heavy atom. The Morgan fingerprint density at radius 3 is 2.20 bits per heavy atom. The van der Waals surface area contributed by atoms with Crippen molar-refractivity contribution >= 4 is 10.4 Å². The normalized spacial score (nSPS) is 49.2. The van der Waals surface area contributed by atoms with Crippen molar-refractivity contribution in [3.05, 3.63) is 0 Å². The standard InChI is InChI=1S/C32H56O11S/c1-16(2)25(42-30-29(37)28(36)24(35)15-41-30)7-6-17(3)21-14-26(43-44(38,39)40)27-19-13-23(34)22-12-18(33)8-10-31(22,4)20(19)9-11-32(21,27)5/h16-30,33-37H,6-15H2,1-5H3,(H,38,39,40)/t17-,18+,19-,20+,21-,22?,23+,24-,25?,26+,27-,28+,29-,30+,31-,32-/m1/s1. The van der Waals surface area contributed by atoms with E-state index in [9.17, 15) is 38.5 Å². The van der Waals surface area contributed by atoms with Crippen LogP contribution in [0.25, 0.3) is 0 Å². The van der Waals surface area contributed by atoms with Crippen LogP contribution in [0.1, 0.15) is 92.4 Å². The van der Waals surface area contributed by atoms with Gasteiger partial charge in [-0.2, -0.15) is 8.42 Å². The molecule has 0 bridgehead atoms. The Labute approximate surface area is 262 Å². The summed E-state index contributed by atoms with van der Waals surface area (Å²) in [5.74, 6) is 0.540. The van der Waals surface area contributed by atoms with Gasteiger partial charge < -0.3 is 35.0 Å². The Balaban J connectivity index is 1.34. The summed E-state index contributed by atoms with van der Waals surface area (Å²) < 4.78 is 51.2.